The second-order valence-corrected chi connectivity index (χ2v) is 4.48. The summed E-state index contributed by atoms with van der Waals surface area (Å²) < 4.78 is 4.87. The average Bonchev–Trinajstić information content (AvgIpc) is 2.94. The van der Waals surface area contributed by atoms with Crippen molar-refractivity contribution in [3.8, 4) is 0 Å². The lowest BCUT2D eigenvalue weighted by molar-refractivity contribution is 0.0659. The molecule has 1 amide bonds. The Labute approximate surface area is 106 Å². The van der Waals surface area contributed by atoms with Crippen LogP contribution in [0.15, 0.2) is 21.9 Å². The maximum absolute atomic E-state index is 11.6. The second-order valence-electron chi connectivity index (χ2n) is 3.53. The van der Waals surface area contributed by atoms with Gasteiger partial charge in [0, 0.05) is 11.1 Å². The number of thiazole rings is 1. The Morgan fingerprint density at radius 1 is 1.44 bits per heavy atom. The lowest BCUT2D eigenvalue weighted by Crippen LogP contribution is -2.22. The van der Waals surface area contributed by atoms with Gasteiger partial charge in [-0.05, 0) is 19.1 Å². The maximum atomic E-state index is 11.6. The van der Waals surface area contributed by atoms with E-state index in [0.29, 0.717) is 6.54 Å². The number of nitrogens with zero attached hydrogens (tertiary/aromatic N) is 1. The van der Waals surface area contributed by atoms with Crippen LogP contribution in [0.25, 0.3) is 0 Å². The molecular formula is C11H10N2O4S. The van der Waals surface area contributed by atoms with Crippen LogP contribution >= 0.6 is 11.3 Å². The van der Waals surface area contributed by atoms with Gasteiger partial charge in [-0.2, -0.15) is 0 Å². The zero-order chi connectivity index (χ0) is 13.1. The van der Waals surface area contributed by atoms with Gasteiger partial charge in [-0.25, -0.2) is 9.78 Å². The molecule has 0 saturated carbocycles. The Bertz CT molecular complexity index is 587. The van der Waals surface area contributed by atoms with Crippen LogP contribution in [0.1, 0.15) is 31.8 Å². The van der Waals surface area contributed by atoms with Gasteiger partial charge in [-0.15, -0.1) is 11.3 Å². The predicted octanol–water partition coefficient (Wildman–Crippen LogP) is 1.67. The molecule has 0 saturated heterocycles. The number of amides is 1. The first-order valence-electron chi connectivity index (χ1n) is 5.08. The van der Waals surface area contributed by atoms with E-state index in [0.717, 1.165) is 10.7 Å². The third kappa shape index (κ3) is 2.75. The molecule has 2 rings (SSSR count). The molecule has 0 radical (unpaired) electrons. The second kappa shape index (κ2) is 5.01. The molecule has 7 heteroatoms. The highest BCUT2D eigenvalue weighted by atomic mass is 32.1. The lowest BCUT2D eigenvalue weighted by Gasteiger charge is -1.99. The fourth-order valence-corrected chi connectivity index (χ4v) is 2.01. The van der Waals surface area contributed by atoms with E-state index in [4.69, 9.17) is 9.52 Å². The molecule has 2 aromatic rings. The van der Waals surface area contributed by atoms with Crippen molar-refractivity contribution < 1.29 is 19.1 Å². The Morgan fingerprint density at radius 2 is 2.17 bits per heavy atom. The molecule has 2 aromatic heterocycles. The van der Waals surface area contributed by atoms with E-state index in [1.807, 2.05) is 12.3 Å². The molecule has 0 spiro atoms. The number of carbonyl (C=O) groups excluding carboxylic acids is 1. The summed E-state index contributed by atoms with van der Waals surface area (Å²) in [5.74, 6) is -1.95. The topological polar surface area (TPSA) is 92.4 Å². The van der Waals surface area contributed by atoms with Crippen molar-refractivity contribution in [2.75, 3.05) is 0 Å². The van der Waals surface area contributed by atoms with E-state index in [2.05, 4.69) is 10.3 Å². The van der Waals surface area contributed by atoms with E-state index in [-0.39, 0.29) is 11.5 Å². The zero-order valence-corrected chi connectivity index (χ0v) is 10.3. The summed E-state index contributed by atoms with van der Waals surface area (Å²) in [4.78, 5) is 26.4. The van der Waals surface area contributed by atoms with Crippen molar-refractivity contribution in [3.05, 3.63) is 39.7 Å². The van der Waals surface area contributed by atoms with Gasteiger partial charge >= 0.3 is 5.97 Å². The van der Waals surface area contributed by atoms with Gasteiger partial charge in [0.2, 0.25) is 5.76 Å². The van der Waals surface area contributed by atoms with Gasteiger partial charge in [0.25, 0.3) is 5.91 Å². The van der Waals surface area contributed by atoms with Crippen molar-refractivity contribution in [1.82, 2.24) is 10.3 Å². The molecule has 18 heavy (non-hydrogen) atoms. The number of aromatic carboxylic acids is 1. The zero-order valence-electron chi connectivity index (χ0n) is 9.47. The first-order chi connectivity index (χ1) is 8.56. The number of hydrogen-bond donors (Lipinski definition) is 2. The number of furan rings is 1. The van der Waals surface area contributed by atoms with Crippen LogP contribution in [0.4, 0.5) is 0 Å². The molecule has 2 N–H and O–H groups in total. The summed E-state index contributed by atoms with van der Waals surface area (Å²) >= 11 is 1.45. The van der Waals surface area contributed by atoms with Crippen LogP contribution in [0.2, 0.25) is 0 Å². The molecule has 0 fully saturated rings. The number of aryl methyl sites for hydroxylation is 1. The molecule has 0 aliphatic heterocycles. The number of carbonyl (C=O) groups is 2. The fourth-order valence-electron chi connectivity index (χ4n) is 1.30. The van der Waals surface area contributed by atoms with Crippen LogP contribution in [0, 0.1) is 6.92 Å². The smallest absolute Gasteiger partial charge is 0.371 e. The van der Waals surface area contributed by atoms with Gasteiger partial charge < -0.3 is 14.8 Å². The highest BCUT2D eigenvalue weighted by Crippen LogP contribution is 2.10. The molecule has 0 aliphatic rings. The van der Waals surface area contributed by atoms with Gasteiger partial charge in [-0.1, -0.05) is 0 Å². The van der Waals surface area contributed by atoms with Gasteiger partial charge in [0.05, 0.1) is 6.54 Å². The van der Waals surface area contributed by atoms with Gasteiger partial charge in [-0.3, -0.25) is 4.79 Å². The number of aromatic nitrogens is 1. The Balaban J connectivity index is 1.97. The summed E-state index contributed by atoms with van der Waals surface area (Å²) in [7, 11) is 0. The van der Waals surface area contributed by atoms with Crippen molar-refractivity contribution in [1.29, 1.82) is 0 Å². The molecule has 0 aliphatic carbocycles. The van der Waals surface area contributed by atoms with Crippen molar-refractivity contribution in [2.24, 2.45) is 0 Å². The van der Waals surface area contributed by atoms with E-state index in [1.165, 1.54) is 23.5 Å². The molecule has 0 aromatic carbocycles. The Morgan fingerprint density at radius 3 is 2.72 bits per heavy atom. The van der Waals surface area contributed by atoms with E-state index in [9.17, 15) is 9.59 Å². The quantitative estimate of drug-likeness (QED) is 0.878. The van der Waals surface area contributed by atoms with Gasteiger partial charge in [0.1, 0.15) is 5.01 Å². The van der Waals surface area contributed by atoms with Crippen LogP contribution in [-0.4, -0.2) is 22.0 Å². The highest BCUT2D eigenvalue weighted by Gasteiger charge is 2.14. The van der Waals surface area contributed by atoms with Gasteiger partial charge in [0.15, 0.2) is 5.76 Å². The van der Waals surface area contributed by atoms with Crippen LogP contribution in [0.5, 0.6) is 0 Å². The maximum Gasteiger partial charge on any atom is 0.371 e. The standard InChI is InChI=1S/C11H10N2O4S/c1-6-5-18-9(13-6)4-12-10(14)7-2-3-8(17-7)11(15)16/h2-3,5H,4H2,1H3,(H,12,14)(H,15,16). The fraction of sp³-hybridized carbons (Fsp3) is 0.182. The highest BCUT2D eigenvalue weighted by molar-refractivity contribution is 7.09. The summed E-state index contributed by atoms with van der Waals surface area (Å²) in [6, 6.07) is 2.57. The number of carboxylic acids is 1. The number of rotatable bonds is 4. The molecule has 6 nitrogen and oxygen atoms in total. The largest absolute Gasteiger partial charge is 0.475 e. The minimum Gasteiger partial charge on any atom is -0.475 e. The monoisotopic (exact) mass is 266 g/mol. The third-order valence-corrected chi connectivity index (χ3v) is 3.07. The SMILES string of the molecule is Cc1csc(CNC(=O)c2ccc(C(=O)O)o2)n1. The molecule has 0 bridgehead atoms. The molecule has 2 heterocycles. The first kappa shape index (κ1) is 12.3. The average molecular weight is 266 g/mol. The normalized spacial score (nSPS) is 10.3. The van der Waals surface area contributed by atoms with E-state index in [1.54, 1.807) is 0 Å². The molecule has 0 unspecified atom stereocenters. The molecule has 94 valence electrons. The van der Waals surface area contributed by atoms with Crippen molar-refractivity contribution >= 4 is 23.2 Å². The molecule has 0 atom stereocenters. The number of nitrogens with one attached hydrogen (secondary N) is 1. The lowest BCUT2D eigenvalue weighted by atomic mass is 10.4. The summed E-state index contributed by atoms with van der Waals surface area (Å²) in [6.07, 6.45) is 0. The van der Waals surface area contributed by atoms with Crippen LogP contribution in [0.3, 0.4) is 0 Å². The predicted molar refractivity (Wildman–Crippen MR) is 63.7 cm³/mol. The Kier molecular flexibility index (Phi) is 3.42. The van der Waals surface area contributed by atoms with Crippen LogP contribution < -0.4 is 5.32 Å². The van der Waals surface area contributed by atoms with E-state index >= 15 is 0 Å². The summed E-state index contributed by atoms with van der Waals surface area (Å²) in [5, 5.41) is 13.9. The summed E-state index contributed by atoms with van der Waals surface area (Å²) in [5.41, 5.74) is 0.899. The van der Waals surface area contributed by atoms with Crippen molar-refractivity contribution in [2.45, 2.75) is 13.5 Å². The third-order valence-electron chi connectivity index (χ3n) is 2.11. The number of hydrogen-bond acceptors (Lipinski definition) is 5. The first-order valence-corrected chi connectivity index (χ1v) is 5.96. The summed E-state index contributed by atoms with van der Waals surface area (Å²) in [6.45, 7) is 2.16. The number of carboxylic acid groups (broad SMARTS) is 1. The minimum absolute atomic E-state index is 0.0271. The van der Waals surface area contributed by atoms with E-state index < -0.39 is 11.9 Å². The molecular weight excluding hydrogens is 256 g/mol. The Hall–Kier alpha value is -2.15. The van der Waals surface area contributed by atoms with Crippen molar-refractivity contribution in [3.63, 3.8) is 0 Å². The van der Waals surface area contributed by atoms with Crippen LogP contribution in [-0.2, 0) is 6.54 Å². The minimum atomic E-state index is -1.20.